The van der Waals surface area contributed by atoms with Crippen LogP contribution in [0.4, 0.5) is 5.69 Å². The van der Waals surface area contributed by atoms with Gasteiger partial charge in [0.2, 0.25) is 5.91 Å². The third kappa shape index (κ3) is 9.12. The molecule has 2 rings (SSSR count). The quantitative estimate of drug-likeness (QED) is 0.270. The Kier molecular flexibility index (Phi) is 10.8. The summed E-state index contributed by atoms with van der Waals surface area (Å²) in [6.45, 7) is 5.36. The fraction of sp³-hybridized carbons (Fsp3) is 0.333. The van der Waals surface area contributed by atoms with E-state index in [-0.39, 0.29) is 29.9 Å². The van der Waals surface area contributed by atoms with Gasteiger partial charge in [-0.15, -0.1) is 24.0 Å². The predicted octanol–water partition coefficient (Wildman–Crippen LogP) is 2.96. The maximum absolute atomic E-state index is 11.5. The first-order valence-electron chi connectivity index (χ1n) is 9.45. The van der Waals surface area contributed by atoms with Gasteiger partial charge in [-0.2, -0.15) is 0 Å². The number of halogens is 1. The van der Waals surface area contributed by atoms with Crippen LogP contribution in [-0.2, 0) is 27.6 Å². The van der Waals surface area contributed by atoms with Crippen LogP contribution in [0.15, 0.2) is 58.4 Å². The molecule has 2 aromatic rings. The number of sulfone groups is 1. The van der Waals surface area contributed by atoms with E-state index in [0.717, 1.165) is 29.8 Å². The molecule has 0 heterocycles. The molecule has 7 nitrogen and oxygen atoms in total. The van der Waals surface area contributed by atoms with Crippen LogP contribution in [0.5, 0.6) is 0 Å². The van der Waals surface area contributed by atoms with Gasteiger partial charge in [0.1, 0.15) is 0 Å². The molecule has 2 aromatic carbocycles. The van der Waals surface area contributed by atoms with E-state index in [0.29, 0.717) is 23.9 Å². The van der Waals surface area contributed by atoms with Gasteiger partial charge in [0.05, 0.1) is 11.4 Å². The molecule has 0 aliphatic rings. The number of guanidine groups is 1. The van der Waals surface area contributed by atoms with Gasteiger partial charge in [0.25, 0.3) is 0 Å². The molecule has 0 saturated heterocycles. The normalized spacial score (nSPS) is 11.4. The number of nitrogens with one attached hydrogen (secondary N) is 3. The molecule has 0 fully saturated rings. The van der Waals surface area contributed by atoms with Crippen LogP contribution in [0, 0.1) is 0 Å². The molecule has 0 atom stereocenters. The maximum Gasteiger partial charge on any atom is 0.221 e. The molecule has 30 heavy (non-hydrogen) atoms. The zero-order valence-electron chi connectivity index (χ0n) is 17.4. The highest BCUT2D eigenvalue weighted by Crippen LogP contribution is 2.12. The number of aliphatic imine (C=N–C) groups is 1. The van der Waals surface area contributed by atoms with Crippen molar-refractivity contribution in [2.75, 3.05) is 24.7 Å². The molecule has 1 amide bonds. The van der Waals surface area contributed by atoms with E-state index in [1.807, 2.05) is 43.3 Å². The lowest BCUT2D eigenvalue weighted by molar-refractivity contribution is -0.114. The van der Waals surface area contributed by atoms with E-state index < -0.39 is 9.84 Å². The third-order valence-electron chi connectivity index (χ3n) is 4.07. The number of hydrogen-bond acceptors (Lipinski definition) is 4. The third-order valence-corrected chi connectivity index (χ3v) is 5.20. The van der Waals surface area contributed by atoms with Crippen molar-refractivity contribution in [3.8, 4) is 0 Å². The average molecular weight is 544 g/mol. The number of carbonyl (C=O) groups is 1. The minimum Gasteiger partial charge on any atom is -0.357 e. The van der Waals surface area contributed by atoms with Crippen molar-refractivity contribution < 1.29 is 13.2 Å². The molecule has 0 unspecified atom stereocenters. The van der Waals surface area contributed by atoms with E-state index in [1.54, 1.807) is 12.1 Å². The Bertz CT molecular complexity index is 960. The standard InChI is InChI=1S/C21H28N4O3S.HI/c1-4-22-21(24-15-18-6-5-7-19(14-18)25-16(2)26)23-13-12-17-8-10-20(11-9-17)29(3,27)28;/h5-11,14H,4,12-13,15H2,1-3H3,(H,25,26)(H2,22,23,24);1H. The molecule has 0 aliphatic carbocycles. The number of carbonyl (C=O) groups excluding carboxylic acids is 1. The maximum atomic E-state index is 11.5. The zero-order valence-corrected chi connectivity index (χ0v) is 20.6. The van der Waals surface area contributed by atoms with Gasteiger partial charge in [-0.3, -0.25) is 4.79 Å². The molecule has 0 spiro atoms. The molecule has 0 aromatic heterocycles. The smallest absolute Gasteiger partial charge is 0.221 e. The van der Waals surface area contributed by atoms with Crippen molar-refractivity contribution in [2.45, 2.75) is 31.7 Å². The summed E-state index contributed by atoms with van der Waals surface area (Å²) in [6.07, 6.45) is 1.95. The van der Waals surface area contributed by atoms with Crippen LogP contribution in [0.3, 0.4) is 0 Å². The number of nitrogens with zero attached hydrogens (tertiary/aromatic N) is 1. The number of amides is 1. The largest absolute Gasteiger partial charge is 0.357 e. The molecule has 3 N–H and O–H groups in total. The Morgan fingerprint density at radius 2 is 1.73 bits per heavy atom. The molecular formula is C21H29IN4O3S. The van der Waals surface area contributed by atoms with Crippen LogP contribution >= 0.6 is 24.0 Å². The van der Waals surface area contributed by atoms with E-state index in [2.05, 4.69) is 20.9 Å². The summed E-state index contributed by atoms with van der Waals surface area (Å²) in [6, 6.07) is 14.5. The summed E-state index contributed by atoms with van der Waals surface area (Å²) in [7, 11) is -3.17. The highest BCUT2D eigenvalue weighted by Gasteiger charge is 2.06. The average Bonchev–Trinajstić information content (AvgIpc) is 2.65. The minimum atomic E-state index is -3.17. The molecular weight excluding hydrogens is 515 g/mol. The molecule has 0 saturated carbocycles. The van der Waals surface area contributed by atoms with E-state index in [9.17, 15) is 13.2 Å². The Balaban J connectivity index is 0.00000450. The Labute approximate surface area is 195 Å². The Hall–Kier alpha value is -2.14. The van der Waals surface area contributed by atoms with Gasteiger partial charge in [-0.1, -0.05) is 24.3 Å². The highest BCUT2D eigenvalue weighted by molar-refractivity contribution is 14.0. The van der Waals surface area contributed by atoms with Crippen LogP contribution in [0.25, 0.3) is 0 Å². The second kappa shape index (κ2) is 12.5. The lowest BCUT2D eigenvalue weighted by Crippen LogP contribution is -2.38. The van der Waals surface area contributed by atoms with Crippen molar-refractivity contribution in [1.29, 1.82) is 0 Å². The molecule has 164 valence electrons. The Morgan fingerprint density at radius 1 is 1.03 bits per heavy atom. The number of rotatable bonds is 8. The fourth-order valence-corrected chi connectivity index (χ4v) is 3.32. The predicted molar refractivity (Wildman–Crippen MR) is 132 cm³/mol. The number of benzene rings is 2. The molecule has 9 heteroatoms. The first-order chi connectivity index (χ1) is 13.8. The van der Waals surface area contributed by atoms with Gasteiger partial charge in [-0.25, -0.2) is 13.4 Å². The van der Waals surface area contributed by atoms with Crippen LogP contribution in [-0.4, -0.2) is 39.6 Å². The second-order valence-corrected chi connectivity index (χ2v) is 8.69. The summed E-state index contributed by atoms with van der Waals surface area (Å²) in [5.74, 6) is 0.593. The van der Waals surface area contributed by atoms with Gasteiger partial charge < -0.3 is 16.0 Å². The lowest BCUT2D eigenvalue weighted by atomic mass is 10.1. The fourth-order valence-electron chi connectivity index (χ4n) is 2.69. The van der Waals surface area contributed by atoms with E-state index in [1.165, 1.54) is 13.2 Å². The minimum absolute atomic E-state index is 0. The monoisotopic (exact) mass is 544 g/mol. The van der Waals surface area contributed by atoms with Crippen LogP contribution in [0.1, 0.15) is 25.0 Å². The topological polar surface area (TPSA) is 99.7 Å². The van der Waals surface area contributed by atoms with Gasteiger partial charge in [0.15, 0.2) is 15.8 Å². The summed E-state index contributed by atoms with van der Waals surface area (Å²) in [5.41, 5.74) is 2.79. The van der Waals surface area contributed by atoms with Crippen molar-refractivity contribution in [3.05, 3.63) is 59.7 Å². The van der Waals surface area contributed by atoms with Gasteiger partial charge in [0, 0.05) is 32.0 Å². The summed E-state index contributed by atoms with van der Waals surface area (Å²) < 4.78 is 23.0. The van der Waals surface area contributed by atoms with Gasteiger partial charge >= 0.3 is 0 Å². The molecule has 0 radical (unpaired) electrons. The first-order valence-corrected chi connectivity index (χ1v) is 11.3. The van der Waals surface area contributed by atoms with Crippen LogP contribution < -0.4 is 16.0 Å². The SMILES string of the molecule is CCNC(=NCc1cccc(NC(C)=O)c1)NCCc1ccc(S(C)(=O)=O)cc1.I. The summed E-state index contributed by atoms with van der Waals surface area (Å²) in [5, 5.41) is 9.25. The van der Waals surface area contributed by atoms with E-state index in [4.69, 9.17) is 0 Å². The second-order valence-electron chi connectivity index (χ2n) is 6.67. The zero-order chi connectivity index (χ0) is 21.3. The lowest BCUT2D eigenvalue weighted by Gasteiger charge is -2.12. The highest BCUT2D eigenvalue weighted by atomic mass is 127. The van der Waals surface area contributed by atoms with Crippen LogP contribution in [0.2, 0.25) is 0 Å². The first kappa shape index (κ1) is 25.9. The van der Waals surface area contributed by atoms with Crippen molar-refractivity contribution >= 4 is 51.4 Å². The summed E-state index contributed by atoms with van der Waals surface area (Å²) >= 11 is 0. The molecule has 0 bridgehead atoms. The summed E-state index contributed by atoms with van der Waals surface area (Å²) in [4.78, 5) is 16.1. The number of hydrogen-bond donors (Lipinski definition) is 3. The number of anilines is 1. The van der Waals surface area contributed by atoms with E-state index >= 15 is 0 Å². The molecule has 0 aliphatic heterocycles. The van der Waals surface area contributed by atoms with Crippen molar-refractivity contribution in [3.63, 3.8) is 0 Å². The van der Waals surface area contributed by atoms with Crippen molar-refractivity contribution in [2.24, 2.45) is 4.99 Å². The van der Waals surface area contributed by atoms with Gasteiger partial charge in [-0.05, 0) is 48.7 Å². The van der Waals surface area contributed by atoms with Crippen molar-refractivity contribution in [1.82, 2.24) is 10.6 Å². The Morgan fingerprint density at radius 3 is 2.33 bits per heavy atom.